The monoisotopic (exact) mass is 515 g/mol. The maximum atomic E-state index is 14.5. The van der Waals surface area contributed by atoms with Gasteiger partial charge in [0, 0.05) is 34.1 Å². The molecule has 1 fully saturated rings. The first kappa shape index (κ1) is 23.4. The highest BCUT2D eigenvalue weighted by Gasteiger charge is 2.59. The van der Waals surface area contributed by atoms with Crippen LogP contribution >= 0.6 is 23.4 Å². The van der Waals surface area contributed by atoms with E-state index in [4.69, 9.17) is 16.3 Å². The van der Waals surface area contributed by atoms with Crippen molar-refractivity contribution in [3.05, 3.63) is 88.4 Å². The molecule has 0 aliphatic carbocycles. The standard InChI is InChI=1S/C25H20ClF2N3O3S/c1-34-17-8-9-22-19(13-17)25(23(32)30(22)14-18-20(27)6-3-7-21(18)28)31(10-11-35-25)24(33)29-16-5-2-4-15(26)12-16/h2-9,12-13H,10-11,14H2,1H3,(H,29,33). The van der Waals surface area contributed by atoms with E-state index in [1.54, 1.807) is 42.5 Å². The Morgan fingerprint density at radius 1 is 1.14 bits per heavy atom. The first-order valence-corrected chi connectivity index (χ1v) is 12.1. The number of benzene rings is 3. The van der Waals surface area contributed by atoms with Gasteiger partial charge in [-0.25, -0.2) is 13.6 Å². The minimum absolute atomic E-state index is 0.224. The van der Waals surface area contributed by atoms with Gasteiger partial charge in [-0.3, -0.25) is 9.69 Å². The average Bonchev–Trinajstić information content (AvgIpc) is 3.38. The lowest BCUT2D eigenvalue weighted by Crippen LogP contribution is -2.51. The van der Waals surface area contributed by atoms with Crippen LogP contribution in [0.2, 0.25) is 5.02 Å². The van der Waals surface area contributed by atoms with Crippen LogP contribution in [0.1, 0.15) is 11.1 Å². The molecule has 1 saturated heterocycles. The largest absolute Gasteiger partial charge is 0.497 e. The van der Waals surface area contributed by atoms with Crippen molar-refractivity contribution in [3.8, 4) is 5.75 Å². The Morgan fingerprint density at radius 2 is 1.89 bits per heavy atom. The van der Waals surface area contributed by atoms with E-state index < -0.39 is 28.4 Å². The number of carbonyl (C=O) groups excluding carboxylic acids is 2. The van der Waals surface area contributed by atoms with Gasteiger partial charge in [0.25, 0.3) is 5.91 Å². The predicted octanol–water partition coefficient (Wildman–Crippen LogP) is 5.61. The summed E-state index contributed by atoms with van der Waals surface area (Å²) < 4.78 is 34.4. The molecule has 6 nitrogen and oxygen atoms in total. The Kier molecular flexibility index (Phi) is 6.06. The molecular weight excluding hydrogens is 496 g/mol. The second-order valence-electron chi connectivity index (χ2n) is 8.06. The van der Waals surface area contributed by atoms with Crippen LogP contribution in [-0.4, -0.2) is 36.2 Å². The second kappa shape index (κ2) is 9.05. The fourth-order valence-electron chi connectivity index (χ4n) is 4.48. The van der Waals surface area contributed by atoms with Crippen molar-refractivity contribution in [2.45, 2.75) is 11.4 Å². The van der Waals surface area contributed by atoms with Gasteiger partial charge in [-0.2, -0.15) is 0 Å². The molecule has 2 aliphatic heterocycles. The highest BCUT2D eigenvalue weighted by molar-refractivity contribution is 8.01. The van der Waals surface area contributed by atoms with Gasteiger partial charge in [0.15, 0.2) is 4.87 Å². The molecule has 5 rings (SSSR count). The van der Waals surface area contributed by atoms with E-state index in [0.29, 0.717) is 40.0 Å². The number of amides is 3. The van der Waals surface area contributed by atoms with Crippen molar-refractivity contribution in [3.63, 3.8) is 0 Å². The number of carbonyl (C=O) groups is 2. The molecule has 2 heterocycles. The third-order valence-corrected chi connectivity index (χ3v) is 7.75. The number of rotatable bonds is 4. The zero-order valence-electron chi connectivity index (χ0n) is 18.6. The fraction of sp³-hybridized carbons (Fsp3) is 0.200. The van der Waals surface area contributed by atoms with Crippen molar-refractivity contribution < 1.29 is 23.1 Å². The number of nitrogens with one attached hydrogen (secondary N) is 1. The SMILES string of the molecule is COc1ccc2c(c1)C1(SCCN1C(=O)Nc1cccc(Cl)c1)C(=O)N2Cc1c(F)cccc1F. The minimum Gasteiger partial charge on any atom is -0.497 e. The molecule has 35 heavy (non-hydrogen) atoms. The van der Waals surface area contributed by atoms with Crippen LogP contribution in [0.15, 0.2) is 60.7 Å². The Labute approximate surface area is 209 Å². The van der Waals surface area contributed by atoms with E-state index in [1.807, 2.05) is 0 Å². The molecule has 0 radical (unpaired) electrons. The number of anilines is 2. The zero-order chi connectivity index (χ0) is 24.7. The van der Waals surface area contributed by atoms with Crippen molar-refractivity contribution in [2.24, 2.45) is 0 Å². The van der Waals surface area contributed by atoms with E-state index in [9.17, 15) is 18.4 Å². The average molecular weight is 516 g/mol. The lowest BCUT2D eigenvalue weighted by atomic mass is 10.1. The molecule has 0 saturated carbocycles. The molecule has 3 aromatic carbocycles. The Bertz CT molecular complexity index is 1320. The van der Waals surface area contributed by atoms with Crippen LogP contribution in [0.3, 0.4) is 0 Å². The smallest absolute Gasteiger partial charge is 0.323 e. The summed E-state index contributed by atoms with van der Waals surface area (Å²) >= 11 is 7.35. The van der Waals surface area contributed by atoms with Gasteiger partial charge in [0.05, 0.1) is 19.3 Å². The molecular formula is C25H20ClF2N3O3S. The summed E-state index contributed by atoms with van der Waals surface area (Å²) in [6.45, 7) is -0.0237. The number of thioether (sulfide) groups is 1. The highest BCUT2D eigenvalue weighted by Crippen LogP contribution is 2.55. The maximum absolute atomic E-state index is 14.5. The van der Waals surface area contributed by atoms with Crippen LogP contribution in [-0.2, 0) is 16.2 Å². The van der Waals surface area contributed by atoms with E-state index >= 15 is 0 Å². The number of halogens is 3. The molecule has 1 unspecified atom stereocenters. The summed E-state index contributed by atoms with van der Waals surface area (Å²) in [7, 11) is 1.50. The number of hydrogen-bond acceptors (Lipinski definition) is 4. The lowest BCUT2D eigenvalue weighted by Gasteiger charge is -2.33. The normalized spacial score (nSPS) is 18.8. The Hall–Kier alpha value is -3.30. The van der Waals surface area contributed by atoms with E-state index in [2.05, 4.69) is 5.32 Å². The molecule has 1 atom stereocenters. The van der Waals surface area contributed by atoms with Gasteiger partial charge in [0.2, 0.25) is 0 Å². The van der Waals surface area contributed by atoms with Crippen LogP contribution in [0.25, 0.3) is 0 Å². The predicted molar refractivity (Wildman–Crippen MR) is 132 cm³/mol. The van der Waals surface area contributed by atoms with Crippen molar-refractivity contribution in [1.82, 2.24) is 4.90 Å². The van der Waals surface area contributed by atoms with E-state index in [-0.39, 0.29) is 12.1 Å². The summed E-state index contributed by atoms with van der Waals surface area (Å²) in [6.07, 6.45) is 0. The number of methoxy groups -OCH3 is 1. The Balaban J connectivity index is 1.57. The maximum Gasteiger partial charge on any atom is 0.323 e. The van der Waals surface area contributed by atoms with Gasteiger partial charge in [-0.1, -0.05) is 23.7 Å². The quantitative estimate of drug-likeness (QED) is 0.491. The van der Waals surface area contributed by atoms with Gasteiger partial charge >= 0.3 is 6.03 Å². The topological polar surface area (TPSA) is 61.9 Å². The number of urea groups is 1. The summed E-state index contributed by atoms with van der Waals surface area (Å²) in [5.41, 5.74) is 1.25. The van der Waals surface area contributed by atoms with Crippen molar-refractivity contribution in [2.75, 3.05) is 29.6 Å². The number of hydrogen-bond donors (Lipinski definition) is 1. The van der Waals surface area contributed by atoms with Crippen molar-refractivity contribution in [1.29, 1.82) is 0 Å². The molecule has 0 aromatic heterocycles. The molecule has 1 N–H and O–H groups in total. The molecule has 0 bridgehead atoms. The molecule has 10 heteroatoms. The molecule has 180 valence electrons. The van der Waals surface area contributed by atoms with E-state index in [1.165, 1.54) is 34.7 Å². The molecule has 2 aliphatic rings. The van der Waals surface area contributed by atoms with Crippen molar-refractivity contribution >= 4 is 46.7 Å². The summed E-state index contributed by atoms with van der Waals surface area (Å²) in [5.74, 6) is -0.954. The number of ether oxygens (including phenoxy) is 1. The first-order valence-electron chi connectivity index (χ1n) is 10.8. The molecule has 3 amide bonds. The molecule has 3 aromatic rings. The highest BCUT2D eigenvalue weighted by atomic mass is 35.5. The second-order valence-corrected chi connectivity index (χ2v) is 9.78. The zero-order valence-corrected chi connectivity index (χ0v) is 20.1. The summed E-state index contributed by atoms with van der Waals surface area (Å²) in [5, 5.41) is 3.26. The third-order valence-electron chi connectivity index (χ3n) is 6.10. The van der Waals surface area contributed by atoms with Gasteiger partial charge in [-0.15, -0.1) is 11.8 Å². The van der Waals surface area contributed by atoms with Gasteiger partial charge < -0.3 is 15.0 Å². The number of nitrogens with zero attached hydrogens (tertiary/aromatic N) is 2. The number of fused-ring (bicyclic) bond motifs is 2. The molecule has 1 spiro atoms. The van der Waals surface area contributed by atoms with Crippen LogP contribution < -0.4 is 15.0 Å². The Morgan fingerprint density at radius 3 is 2.60 bits per heavy atom. The lowest BCUT2D eigenvalue weighted by molar-refractivity contribution is -0.123. The van der Waals surface area contributed by atoms with Crippen LogP contribution in [0.4, 0.5) is 25.0 Å². The third kappa shape index (κ3) is 3.88. The van der Waals surface area contributed by atoms with Gasteiger partial charge in [0.1, 0.15) is 17.4 Å². The van der Waals surface area contributed by atoms with Gasteiger partial charge in [-0.05, 0) is 48.5 Å². The minimum atomic E-state index is -1.41. The fourth-order valence-corrected chi connectivity index (χ4v) is 6.12. The van der Waals surface area contributed by atoms with E-state index in [0.717, 1.165) is 12.1 Å². The summed E-state index contributed by atoms with van der Waals surface area (Å²) in [4.78, 5) is 28.8. The van der Waals surface area contributed by atoms with Crippen LogP contribution in [0.5, 0.6) is 5.75 Å². The summed E-state index contributed by atoms with van der Waals surface area (Å²) in [6, 6.07) is 14.8. The first-order chi connectivity index (χ1) is 16.8. The van der Waals surface area contributed by atoms with Crippen LogP contribution in [0, 0.1) is 11.6 Å².